The highest BCUT2D eigenvalue weighted by Crippen LogP contribution is 2.30. The van der Waals surface area contributed by atoms with Gasteiger partial charge in [-0.25, -0.2) is 9.97 Å². The number of pyridine rings is 1. The number of hydrogen-bond acceptors (Lipinski definition) is 5. The summed E-state index contributed by atoms with van der Waals surface area (Å²) in [7, 11) is 0. The molecule has 1 aliphatic rings. The van der Waals surface area contributed by atoms with E-state index in [1.165, 1.54) is 0 Å². The maximum absolute atomic E-state index is 9.15. The Morgan fingerprint density at radius 2 is 2.38 bits per heavy atom. The van der Waals surface area contributed by atoms with Gasteiger partial charge in [0, 0.05) is 31.7 Å². The van der Waals surface area contributed by atoms with E-state index in [-0.39, 0.29) is 12.1 Å². The Morgan fingerprint density at radius 3 is 3.19 bits per heavy atom. The Balaban J connectivity index is 1.83. The van der Waals surface area contributed by atoms with Crippen molar-refractivity contribution >= 4 is 5.82 Å². The second-order valence-corrected chi connectivity index (χ2v) is 4.91. The molecule has 3 heterocycles. The lowest BCUT2D eigenvalue weighted by Crippen LogP contribution is -2.26. The fourth-order valence-corrected chi connectivity index (χ4v) is 2.62. The molecule has 108 valence electrons. The van der Waals surface area contributed by atoms with Crippen molar-refractivity contribution in [3.63, 3.8) is 0 Å². The van der Waals surface area contributed by atoms with E-state index in [0.29, 0.717) is 18.0 Å². The molecule has 3 rings (SSSR count). The average Bonchev–Trinajstić information content (AvgIpc) is 3.15. The van der Waals surface area contributed by atoms with Crippen LogP contribution in [-0.2, 0) is 11.3 Å². The number of nitriles is 1. The van der Waals surface area contributed by atoms with Gasteiger partial charge in [-0.1, -0.05) is 0 Å². The SMILES string of the molecule is CCn1ccnc1[C@H]1OCC[C@@H]1Nc1ncccc1C#N. The smallest absolute Gasteiger partial charge is 0.144 e. The summed E-state index contributed by atoms with van der Waals surface area (Å²) >= 11 is 0. The van der Waals surface area contributed by atoms with Gasteiger partial charge in [0.05, 0.1) is 11.6 Å². The van der Waals surface area contributed by atoms with Gasteiger partial charge in [-0.3, -0.25) is 0 Å². The normalized spacial score (nSPS) is 21.1. The molecule has 0 aromatic carbocycles. The lowest BCUT2D eigenvalue weighted by molar-refractivity contribution is 0.0976. The molecule has 0 aliphatic carbocycles. The Labute approximate surface area is 123 Å². The molecule has 0 spiro atoms. The van der Waals surface area contributed by atoms with Crippen LogP contribution < -0.4 is 5.32 Å². The van der Waals surface area contributed by atoms with Gasteiger partial charge in [0.15, 0.2) is 0 Å². The predicted molar refractivity (Wildman–Crippen MR) is 77.6 cm³/mol. The van der Waals surface area contributed by atoms with Crippen LogP contribution in [0.25, 0.3) is 0 Å². The summed E-state index contributed by atoms with van der Waals surface area (Å²) in [5.41, 5.74) is 0.544. The molecule has 21 heavy (non-hydrogen) atoms. The summed E-state index contributed by atoms with van der Waals surface area (Å²) in [6.07, 6.45) is 6.17. The van der Waals surface area contributed by atoms with Crippen LogP contribution in [0.1, 0.15) is 30.8 Å². The second kappa shape index (κ2) is 5.94. The van der Waals surface area contributed by atoms with Crippen LogP contribution in [0.2, 0.25) is 0 Å². The van der Waals surface area contributed by atoms with Gasteiger partial charge in [0.2, 0.25) is 0 Å². The standard InChI is InChI=1S/C15H17N5O/c1-2-20-8-7-18-15(20)13-12(5-9-21-13)19-14-11(10-16)4-3-6-17-14/h3-4,6-8,12-13H,2,5,9H2,1H3,(H,17,19)/t12-,13-/m0/s1. The summed E-state index contributed by atoms with van der Waals surface area (Å²) in [4.78, 5) is 8.67. The molecule has 1 N–H and O–H groups in total. The van der Waals surface area contributed by atoms with E-state index < -0.39 is 0 Å². The number of imidazole rings is 1. The van der Waals surface area contributed by atoms with Crippen LogP contribution in [0, 0.1) is 11.3 Å². The molecule has 2 aromatic heterocycles. The summed E-state index contributed by atoms with van der Waals surface area (Å²) < 4.78 is 7.92. The zero-order valence-electron chi connectivity index (χ0n) is 11.9. The van der Waals surface area contributed by atoms with Crippen LogP contribution in [0.5, 0.6) is 0 Å². The summed E-state index contributed by atoms with van der Waals surface area (Å²) in [5.74, 6) is 1.53. The quantitative estimate of drug-likeness (QED) is 0.930. The van der Waals surface area contributed by atoms with Crippen molar-refractivity contribution in [3.8, 4) is 6.07 Å². The maximum Gasteiger partial charge on any atom is 0.144 e. The number of hydrogen-bond donors (Lipinski definition) is 1. The predicted octanol–water partition coefficient (Wildman–Crippen LogP) is 2.11. The minimum atomic E-state index is -0.117. The number of aromatic nitrogens is 3. The molecule has 2 aromatic rings. The van der Waals surface area contributed by atoms with Gasteiger partial charge in [-0.05, 0) is 25.5 Å². The van der Waals surface area contributed by atoms with Crippen LogP contribution >= 0.6 is 0 Å². The van der Waals surface area contributed by atoms with Crippen LogP contribution in [0.4, 0.5) is 5.82 Å². The second-order valence-electron chi connectivity index (χ2n) is 4.91. The third-order valence-electron chi connectivity index (χ3n) is 3.68. The highest BCUT2D eigenvalue weighted by Gasteiger charge is 2.33. The van der Waals surface area contributed by atoms with Gasteiger partial charge in [-0.2, -0.15) is 5.26 Å². The molecular weight excluding hydrogens is 266 g/mol. The minimum absolute atomic E-state index is 0.0692. The molecule has 0 radical (unpaired) electrons. The van der Waals surface area contributed by atoms with Gasteiger partial charge >= 0.3 is 0 Å². The van der Waals surface area contributed by atoms with E-state index in [4.69, 9.17) is 10.00 Å². The summed E-state index contributed by atoms with van der Waals surface area (Å²) in [5, 5.41) is 12.5. The fraction of sp³-hybridized carbons (Fsp3) is 0.400. The topological polar surface area (TPSA) is 75.8 Å². The Morgan fingerprint density at radius 1 is 1.48 bits per heavy atom. The monoisotopic (exact) mass is 283 g/mol. The van der Waals surface area contributed by atoms with E-state index in [1.807, 2.05) is 6.20 Å². The highest BCUT2D eigenvalue weighted by molar-refractivity contribution is 5.52. The Hall–Kier alpha value is -2.39. The Bertz CT molecular complexity index is 660. The lowest BCUT2D eigenvalue weighted by Gasteiger charge is -2.21. The maximum atomic E-state index is 9.15. The number of rotatable bonds is 4. The van der Waals surface area contributed by atoms with Crippen molar-refractivity contribution in [1.29, 1.82) is 5.26 Å². The number of aryl methyl sites for hydroxylation is 1. The zero-order chi connectivity index (χ0) is 14.7. The van der Waals surface area contributed by atoms with Gasteiger partial charge < -0.3 is 14.6 Å². The molecule has 0 amide bonds. The van der Waals surface area contributed by atoms with Gasteiger partial charge in [0.1, 0.15) is 23.8 Å². The van der Waals surface area contributed by atoms with Crippen LogP contribution in [-0.4, -0.2) is 27.2 Å². The van der Waals surface area contributed by atoms with Crippen LogP contribution in [0.3, 0.4) is 0 Å². The first-order valence-corrected chi connectivity index (χ1v) is 7.07. The van der Waals surface area contributed by atoms with Crippen molar-refractivity contribution in [1.82, 2.24) is 14.5 Å². The molecule has 1 fully saturated rings. The molecule has 6 heteroatoms. The third-order valence-corrected chi connectivity index (χ3v) is 3.68. The fourth-order valence-electron chi connectivity index (χ4n) is 2.62. The number of anilines is 1. The van der Waals surface area contributed by atoms with Crippen molar-refractivity contribution in [3.05, 3.63) is 42.1 Å². The molecule has 1 saturated heterocycles. The molecule has 2 atom stereocenters. The molecule has 1 aliphatic heterocycles. The average molecular weight is 283 g/mol. The summed E-state index contributed by atoms with van der Waals surface area (Å²) in [6, 6.07) is 5.74. The van der Waals surface area contributed by atoms with Crippen molar-refractivity contribution in [2.75, 3.05) is 11.9 Å². The molecule has 0 bridgehead atoms. The van der Waals surface area contributed by atoms with E-state index >= 15 is 0 Å². The van der Waals surface area contributed by atoms with Crippen molar-refractivity contribution in [2.24, 2.45) is 0 Å². The lowest BCUT2D eigenvalue weighted by atomic mass is 10.1. The van der Waals surface area contributed by atoms with Crippen LogP contribution in [0.15, 0.2) is 30.7 Å². The van der Waals surface area contributed by atoms with E-state index in [9.17, 15) is 0 Å². The van der Waals surface area contributed by atoms with Gasteiger partial charge in [-0.15, -0.1) is 0 Å². The molecule has 6 nitrogen and oxygen atoms in total. The molecular formula is C15H17N5O. The first-order valence-electron chi connectivity index (χ1n) is 7.07. The first-order chi connectivity index (χ1) is 10.3. The van der Waals surface area contributed by atoms with Crippen molar-refractivity contribution < 1.29 is 4.74 Å². The largest absolute Gasteiger partial charge is 0.368 e. The molecule has 0 unspecified atom stereocenters. The summed E-state index contributed by atoms with van der Waals surface area (Å²) in [6.45, 7) is 3.61. The third kappa shape index (κ3) is 2.60. The molecule has 0 saturated carbocycles. The van der Waals surface area contributed by atoms with E-state index in [0.717, 1.165) is 18.8 Å². The van der Waals surface area contributed by atoms with Gasteiger partial charge in [0.25, 0.3) is 0 Å². The van der Waals surface area contributed by atoms with E-state index in [2.05, 4.69) is 32.8 Å². The number of ether oxygens (including phenoxy) is 1. The Kier molecular flexibility index (Phi) is 3.84. The zero-order valence-corrected chi connectivity index (χ0v) is 11.9. The highest BCUT2D eigenvalue weighted by atomic mass is 16.5. The number of nitrogens with zero attached hydrogens (tertiary/aromatic N) is 4. The van der Waals surface area contributed by atoms with E-state index in [1.54, 1.807) is 24.5 Å². The van der Waals surface area contributed by atoms with Crippen molar-refractivity contribution in [2.45, 2.75) is 32.0 Å². The minimum Gasteiger partial charge on any atom is -0.368 e. The number of nitrogens with one attached hydrogen (secondary N) is 1. The first kappa shape index (κ1) is 13.6.